The molecule has 0 N–H and O–H groups in total. The van der Waals surface area contributed by atoms with Crippen LogP contribution in [0.1, 0.15) is 0 Å². The predicted molar refractivity (Wildman–Crippen MR) is 25.9 cm³/mol. The van der Waals surface area contributed by atoms with E-state index in [1.165, 1.54) is 0 Å². The van der Waals surface area contributed by atoms with Crippen molar-refractivity contribution in [3.05, 3.63) is 0 Å². The molecular weight excluding hydrogens is 87.0 g/mol. The Morgan fingerprint density at radius 1 is 0.714 bits per heavy atom. The number of rotatable bonds is 0. The Morgan fingerprint density at radius 3 is 0.714 bits per heavy atom. The van der Waals surface area contributed by atoms with E-state index in [-0.39, 0.29) is 18.9 Å². The summed E-state index contributed by atoms with van der Waals surface area (Å²) in [5.41, 5.74) is 0. The first-order chi connectivity index (χ1) is 2.83. The van der Waals surface area contributed by atoms with E-state index in [4.69, 9.17) is 0 Å². The molecule has 0 aromatic carbocycles. The zero-order valence-corrected chi connectivity index (χ0v) is 5.82. The first-order valence-electron chi connectivity index (χ1n) is 1.63. The topological polar surface area (TPSA) is 18.5 Å². The molecule has 7 heavy (non-hydrogen) atoms. The largest absolute Gasteiger partial charge is 1.00 e. The minimum Gasteiger partial charge on any atom is -0.388 e. The van der Waals surface area contributed by atoms with E-state index in [1.54, 1.807) is 28.4 Å². The van der Waals surface area contributed by atoms with Crippen molar-refractivity contribution in [3.8, 4) is 0 Å². The van der Waals surface area contributed by atoms with Gasteiger partial charge < -0.3 is 9.47 Å². The molecule has 0 fully saturated rings. The Bertz CT molecular complexity index is 11.7. The van der Waals surface area contributed by atoms with E-state index < -0.39 is 0 Å². The van der Waals surface area contributed by atoms with Crippen LogP contribution in [0.25, 0.3) is 0 Å². The SMILES string of the molecule is COC.COC.[Li+]. The first-order valence-corrected chi connectivity index (χ1v) is 1.63. The monoisotopic (exact) mass is 99.1 g/mol. The molecule has 0 heterocycles. The van der Waals surface area contributed by atoms with Crippen LogP contribution in [0.4, 0.5) is 0 Å². The quantitative estimate of drug-likeness (QED) is 0.313. The van der Waals surface area contributed by atoms with Crippen molar-refractivity contribution in [3.63, 3.8) is 0 Å². The van der Waals surface area contributed by atoms with E-state index in [0.29, 0.717) is 0 Å². The molecule has 0 aliphatic heterocycles. The van der Waals surface area contributed by atoms with Gasteiger partial charge in [0.2, 0.25) is 0 Å². The number of hydrogen-bond donors (Lipinski definition) is 0. The van der Waals surface area contributed by atoms with E-state index in [0.717, 1.165) is 0 Å². The van der Waals surface area contributed by atoms with Crippen molar-refractivity contribution in [2.45, 2.75) is 0 Å². The Kier molecular flexibility index (Phi) is 70.0. The van der Waals surface area contributed by atoms with Gasteiger partial charge in [0.05, 0.1) is 0 Å². The average molecular weight is 99.1 g/mol. The van der Waals surface area contributed by atoms with Gasteiger partial charge in [-0.15, -0.1) is 0 Å². The van der Waals surface area contributed by atoms with Crippen LogP contribution in [0, 0.1) is 0 Å². The normalized spacial score (nSPS) is 5.14. The summed E-state index contributed by atoms with van der Waals surface area (Å²) in [5, 5.41) is 0. The van der Waals surface area contributed by atoms with Crippen LogP contribution < -0.4 is 18.9 Å². The second-order valence-corrected chi connectivity index (χ2v) is 0.816. The Morgan fingerprint density at radius 2 is 0.714 bits per heavy atom. The molecule has 0 amide bonds. The van der Waals surface area contributed by atoms with Gasteiger partial charge in [-0.1, -0.05) is 0 Å². The van der Waals surface area contributed by atoms with Gasteiger partial charge in [-0.05, 0) is 0 Å². The maximum atomic E-state index is 4.25. The van der Waals surface area contributed by atoms with Gasteiger partial charge in [0.25, 0.3) is 0 Å². The standard InChI is InChI=1S/2C2H6O.Li/c2*1-3-2;/h2*1-2H3;/q;;+1. The van der Waals surface area contributed by atoms with Crippen molar-refractivity contribution in [1.82, 2.24) is 0 Å². The van der Waals surface area contributed by atoms with E-state index in [1.807, 2.05) is 0 Å². The average Bonchev–Trinajstić information content (AvgIpc) is 1.39. The van der Waals surface area contributed by atoms with Crippen molar-refractivity contribution in [2.24, 2.45) is 0 Å². The van der Waals surface area contributed by atoms with E-state index in [9.17, 15) is 0 Å². The second kappa shape index (κ2) is 31.3. The van der Waals surface area contributed by atoms with Crippen LogP contribution in [0.5, 0.6) is 0 Å². The van der Waals surface area contributed by atoms with Crippen LogP contribution >= 0.6 is 0 Å². The van der Waals surface area contributed by atoms with Gasteiger partial charge in [0, 0.05) is 28.4 Å². The molecule has 2 nitrogen and oxygen atoms in total. The van der Waals surface area contributed by atoms with Crippen molar-refractivity contribution < 1.29 is 28.3 Å². The predicted octanol–water partition coefficient (Wildman–Crippen LogP) is -2.47. The minimum absolute atomic E-state index is 0. The van der Waals surface area contributed by atoms with Gasteiger partial charge in [-0.25, -0.2) is 0 Å². The first kappa shape index (κ1) is 15.6. The maximum Gasteiger partial charge on any atom is 1.00 e. The van der Waals surface area contributed by atoms with Crippen LogP contribution in [-0.2, 0) is 9.47 Å². The maximum absolute atomic E-state index is 4.25. The number of methoxy groups -OCH3 is 2. The zero-order valence-electron chi connectivity index (χ0n) is 5.82. The summed E-state index contributed by atoms with van der Waals surface area (Å²) in [6, 6.07) is 0. The van der Waals surface area contributed by atoms with Crippen molar-refractivity contribution >= 4 is 0 Å². The summed E-state index contributed by atoms with van der Waals surface area (Å²) < 4.78 is 8.50. The molecule has 40 valence electrons. The third-order valence-corrected chi connectivity index (χ3v) is 0. The molecule has 0 atom stereocenters. The fraction of sp³-hybridized carbons (Fsp3) is 1.00. The Labute approximate surface area is 57.4 Å². The molecular formula is C4H12LiO2+. The molecule has 0 aromatic heterocycles. The molecule has 0 saturated heterocycles. The summed E-state index contributed by atoms with van der Waals surface area (Å²) in [6.07, 6.45) is 0. The summed E-state index contributed by atoms with van der Waals surface area (Å²) in [5.74, 6) is 0. The molecule has 0 aliphatic rings. The molecule has 0 aromatic rings. The molecule has 0 radical (unpaired) electrons. The molecule has 0 unspecified atom stereocenters. The van der Waals surface area contributed by atoms with Crippen LogP contribution in [0.15, 0.2) is 0 Å². The van der Waals surface area contributed by atoms with Crippen LogP contribution in [0.2, 0.25) is 0 Å². The van der Waals surface area contributed by atoms with Crippen molar-refractivity contribution in [2.75, 3.05) is 28.4 Å². The minimum atomic E-state index is 0. The summed E-state index contributed by atoms with van der Waals surface area (Å²) >= 11 is 0. The Hall–Kier alpha value is 0.517. The third kappa shape index (κ3) is 497. The van der Waals surface area contributed by atoms with Gasteiger partial charge in [-0.3, -0.25) is 0 Å². The summed E-state index contributed by atoms with van der Waals surface area (Å²) in [7, 11) is 6.50. The van der Waals surface area contributed by atoms with Crippen LogP contribution in [0.3, 0.4) is 0 Å². The third-order valence-electron chi connectivity index (χ3n) is 0. The van der Waals surface area contributed by atoms with Gasteiger partial charge in [-0.2, -0.15) is 0 Å². The van der Waals surface area contributed by atoms with Gasteiger partial charge in [0.1, 0.15) is 0 Å². The molecule has 3 heteroatoms. The molecule has 0 bridgehead atoms. The fourth-order valence-corrected chi connectivity index (χ4v) is 0. The summed E-state index contributed by atoms with van der Waals surface area (Å²) in [6.45, 7) is 0. The van der Waals surface area contributed by atoms with Crippen molar-refractivity contribution in [1.29, 1.82) is 0 Å². The van der Waals surface area contributed by atoms with Crippen LogP contribution in [-0.4, -0.2) is 28.4 Å². The zero-order chi connectivity index (χ0) is 5.41. The molecule has 0 rings (SSSR count). The van der Waals surface area contributed by atoms with Gasteiger partial charge in [0.15, 0.2) is 0 Å². The molecule has 0 saturated carbocycles. The smallest absolute Gasteiger partial charge is 0.388 e. The molecule has 0 aliphatic carbocycles. The van der Waals surface area contributed by atoms with E-state index in [2.05, 4.69) is 9.47 Å². The number of ether oxygens (including phenoxy) is 2. The second-order valence-electron chi connectivity index (χ2n) is 0.816. The van der Waals surface area contributed by atoms with Gasteiger partial charge >= 0.3 is 18.9 Å². The summed E-state index contributed by atoms with van der Waals surface area (Å²) in [4.78, 5) is 0. The molecule has 0 spiro atoms. The Balaban J connectivity index is -0.0000000400. The fourth-order valence-electron chi connectivity index (χ4n) is 0. The van der Waals surface area contributed by atoms with E-state index >= 15 is 0 Å². The number of hydrogen-bond acceptors (Lipinski definition) is 2.